The van der Waals surface area contributed by atoms with E-state index in [4.69, 9.17) is 4.74 Å². The molecule has 2 N–H and O–H groups in total. The molecule has 0 radical (unpaired) electrons. The van der Waals surface area contributed by atoms with Crippen molar-refractivity contribution in [1.29, 1.82) is 0 Å². The number of hydrogen-bond acceptors (Lipinski definition) is 7. The fraction of sp³-hybridized carbons (Fsp3) is 0.292. The Bertz CT molecular complexity index is 1330. The molecule has 1 amide bonds. The third kappa shape index (κ3) is 3.92. The first-order chi connectivity index (χ1) is 16.1. The molecule has 0 bridgehead atoms. The van der Waals surface area contributed by atoms with Crippen LogP contribution in [0.5, 0.6) is 11.5 Å². The number of carbonyl (C=O) groups excluding carboxylic acids is 2. The van der Waals surface area contributed by atoms with Crippen molar-refractivity contribution in [2.24, 2.45) is 0 Å². The number of Topliss-reactive ketones (excluding diaryl/α,β-unsaturated/α-hetero) is 1. The lowest BCUT2D eigenvalue weighted by Crippen LogP contribution is -2.35. The van der Waals surface area contributed by atoms with Crippen molar-refractivity contribution in [3.63, 3.8) is 0 Å². The molecule has 1 aromatic carbocycles. The van der Waals surface area contributed by atoms with E-state index < -0.39 is 17.7 Å². The van der Waals surface area contributed by atoms with Gasteiger partial charge in [-0.25, -0.2) is 4.98 Å². The van der Waals surface area contributed by atoms with Crippen molar-refractivity contribution in [2.75, 3.05) is 34.3 Å². The van der Waals surface area contributed by atoms with Gasteiger partial charge in [-0.3, -0.25) is 14.0 Å². The predicted octanol–water partition coefficient (Wildman–Crippen LogP) is 3.10. The van der Waals surface area contributed by atoms with Gasteiger partial charge in [0.1, 0.15) is 11.3 Å². The summed E-state index contributed by atoms with van der Waals surface area (Å²) in [6.45, 7) is 2.50. The molecule has 1 unspecified atom stereocenters. The number of imidazole rings is 1. The quantitative estimate of drug-likeness (QED) is 0.287. The Labute approximate surface area is 205 Å². The van der Waals surface area contributed by atoms with Gasteiger partial charge in [-0.2, -0.15) is 0 Å². The van der Waals surface area contributed by atoms with Gasteiger partial charge in [-0.1, -0.05) is 6.07 Å². The van der Waals surface area contributed by atoms with E-state index in [2.05, 4.69) is 20.9 Å². The molecular weight excluding hydrogens is 504 g/mol. The number of nitrogens with zero attached hydrogens (tertiary/aromatic N) is 4. The molecule has 1 aliphatic rings. The molecular formula is C24H25BrN4O5. The number of carbonyl (C=O) groups is 2. The van der Waals surface area contributed by atoms with Crippen molar-refractivity contribution in [3.05, 3.63) is 63.5 Å². The van der Waals surface area contributed by atoms with E-state index in [1.54, 1.807) is 41.8 Å². The molecule has 1 saturated heterocycles. The SMILES string of the molecule is COc1cc(C2C(=C(O)c3c(C)nc4ccccn34)C(=O)C(=O)N2CCN(C)C)cc(Br)c1O. The number of hydrogen-bond donors (Lipinski definition) is 2. The van der Waals surface area contributed by atoms with Crippen molar-refractivity contribution in [3.8, 4) is 11.5 Å². The first-order valence-corrected chi connectivity index (χ1v) is 11.4. The van der Waals surface area contributed by atoms with Gasteiger partial charge < -0.3 is 24.7 Å². The van der Waals surface area contributed by atoms with E-state index in [0.29, 0.717) is 33.6 Å². The second-order valence-electron chi connectivity index (χ2n) is 8.32. The van der Waals surface area contributed by atoms with Crippen LogP contribution in [-0.2, 0) is 9.59 Å². The van der Waals surface area contributed by atoms with Crippen LogP contribution in [0.1, 0.15) is 23.0 Å². The number of methoxy groups -OCH3 is 1. The number of aromatic nitrogens is 2. The van der Waals surface area contributed by atoms with Gasteiger partial charge in [0.25, 0.3) is 11.7 Å². The second kappa shape index (κ2) is 9.11. The lowest BCUT2D eigenvalue weighted by Gasteiger charge is -2.27. The van der Waals surface area contributed by atoms with Crippen LogP contribution < -0.4 is 4.74 Å². The van der Waals surface area contributed by atoms with Gasteiger partial charge >= 0.3 is 0 Å². The number of halogens is 1. The highest BCUT2D eigenvalue weighted by atomic mass is 79.9. The number of aliphatic hydroxyl groups excluding tert-OH is 1. The highest BCUT2D eigenvalue weighted by Gasteiger charge is 2.46. The molecule has 34 heavy (non-hydrogen) atoms. The summed E-state index contributed by atoms with van der Waals surface area (Å²) in [5, 5.41) is 21.8. The van der Waals surface area contributed by atoms with Crippen LogP contribution >= 0.6 is 15.9 Å². The van der Waals surface area contributed by atoms with Crippen LogP contribution in [0.4, 0.5) is 0 Å². The maximum absolute atomic E-state index is 13.3. The molecule has 1 atom stereocenters. The van der Waals surface area contributed by atoms with E-state index in [0.717, 1.165) is 0 Å². The summed E-state index contributed by atoms with van der Waals surface area (Å²) in [5.74, 6) is -1.73. The molecule has 3 heterocycles. The molecule has 1 aliphatic heterocycles. The summed E-state index contributed by atoms with van der Waals surface area (Å²) in [7, 11) is 5.15. The van der Waals surface area contributed by atoms with Crippen LogP contribution in [0.3, 0.4) is 0 Å². The zero-order valence-corrected chi connectivity index (χ0v) is 20.8. The Kier molecular flexibility index (Phi) is 6.37. The molecule has 1 fully saturated rings. The molecule has 178 valence electrons. The molecule has 0 saturated carbocycles. The van der Waals surface area contributed by atoms with Crippen molar-refractivity contribution in [2.45, 2.75) is 13.0 Å². The van der Waals surface area contributed by atoms with Crippen molar-refractivity contribution < 1.29 is 24.5 Å². The van der Waals surface area contributed by atoms with E-state index >= 15 is 0 Å². The molecule has 0 spiro atoms. The predicted molar refractivity (Wildman–Crippen MR) is 130 cm³/mol. The highest BCUT2D eigenvalue weighted by molar-refractivity contribution is 9.10. The smallest absolute Gasteiger partial charge is 0.295 e. The van der Waals surface area contributed by atoms with E-state index in [9.17, 15) is 19.8 Å². The maximum Gasteiger partial charge on any atom is 0.295 e. The highest BCUT2D eigenvalue weighted by Crippen LogP contribution is 2.44. The number of aryl methyl sites for hydroxylation is 1. The third-order valence-corrected chi connectivity index (χ3v) is 6.45. The lowest BCUT2D eigenvalue weighted by molar-refractivity contribution is -0.140. The first kappa shape index (κ1) is 23.8. The summed E-state index contributed by atoms with van der Waals surface area (Å²) in [5.41, 5.74) is 1.93. The molecule has 4 rings (SSSR count). The maximum atomic E-state index is 13.3. The van der Waals surface area contributed by atoms with Crippen LogP contribution in [0.15, 0.2) is 46.6 Å². The molecule has 10 heteroatoms. The summed E-state index contributed by atoms with van der Waals surface area (Å²) in [6, 6.07) is 7.70. The zero-order valence-electron chi connectivity index (χ0n) is 19.2. The minimum atomic E-state index is -0.889. The number of phenolic OH excluding ortho intramolecular Hbond substituents is 1. The molecule has 9 nitrogen and oxygen atoms in total. The topological polar surface area (TPSA) is 108 Å². The number of amides is 1. The number of phenols is 1. The van der Waals surface area contributed by atoms with Crippen LogP contribution in [0, 0.1) is 6.92 Å². The van der Waals surface area contributed by atoms with Gasteiger partial charge in [0.2, 0.25) is 0 Å². The Morgan fingerprint density at radius 3 is 2.68 bits per heavy atom. The number of pyridine rings is 1. The standard InChI is InChI=1S/C24H25BrN4O5/c1-13-19(28-8-6-5-7-17(28)26-13)22(31)18-20(14-11-15(25)21(30)16(12-14)34-4)29(10-9-27(2)3)24(33)23(18)32/h5-8,11-12,20,30-31H,9-10H2,1-4H3. The van der Waals surface area contributed by atoms with Gasteiger partial charge in [-0.15, -0.1) is 0 Å². The number of rotatable bonds is 6. The monoisotopic (exact) mass is 528 g/mol. The first-order valence-electron chi connectivity index (χ1n) is 10.6. The average Bonchev–Trinajstić information content (AvgIpc) is 3.26. The number of ketones is 1. The fourth-order valence-electron chi connectivity index (χ4n) is 4.20. The van der Waals surface area contributed by atoms with Gasteiger partial charge in [0, 0.05) is 19.3 Å². The lowest BCUT2D eigenvalue weighted by atomic mass is 9.96. The van der Waals surface area contributed by atoms with E-state index in [1.165, 1.54) is 12.0 Å². The largest absolute Gasteiger partial charge is 0.505 e. The summed E-state index contributed by atoms with van der Waals surface area (Å²) < 4.78 is 7.31. The summed E-state index contributed by atoms with van der Waals surface area (Å²) in [6.07, 6.45) is 1.74. The normalized spacial score (nSPS) is 17.8. The Balaban J connectivity index is 1.97. The molecule has 3 aromatic rings. The fourth-order valence-corrected chi connectivity index (χ4v) is 4.66. The Morgan fingerprint density at radius 2 is 2.00 bits per heavy atom. The molecule has 0 aliphatic carbocycles. The van der Waals surface area contributed by atoms with Crippen molar-refractivity contribution in [1.82, 2.24) is 19.2 Å². The Hall–Kier alpha value is -3.37. The van der Waals surface area contributed by atoms with Crippen LogP contribution in [0.25, 0.3) is 11.4 Å². The van der Waals surface area contributed by atoms with Gasteiger partial charge in [-0.05, 0) is 66.8 Å². The summed E-state index contributed by atoms with van der Waals surface area (Å²) >= 11 is 3.32. The van der Waals surface area contributed by atoms with E-state index in [-0.39, 0.29) is 29.4 Å². The van der Waals surface area contributed by atoms with Gasteiger partial charge in [0.05, 0.1) is 28.9 Å². The number of fused-ring (bicyclic) bond motifs is 1. The number of aliphatic hydroxyl groups is 1. The Morgan fingerprint density at radius 1 is 1.26 bits per heavy atom. The minimum absolute atomic E-state index is 0.0443. The minimum Gasteiger partial charge on any atom is -0.505 e. The van der Waals surface area contributed by atoms with Crippen LogP contribution in [-0.4, -0.2) is 75.4 Å². The number of aromatic hydroxyl groups is 1. The number of likely N-dealkylation sites (tertiary alicyclic amines) is 1. The van der Waals surface area contributed by atoms with E-state index in [1.807, 2.05) is 25.1 Å². The van der Waals surface area contributed by atoms with Crippen LogP contribution in [0.2, 0.25) is 0 Å². The molecule has 2 aromatic heterocycles. The van der Waals surface area contributed by atoms with Gasteiger partial charge in [0.15, 0.2) is 17.3 Å². The summed E-state index contributed by atoms with van der Waals surface area (Å²) in [4.78, 5) is 34.2. The number of likely N-dealkylation sites (N-methyl/N-ethyl adjacent to an activating group) is 1. The zero-order chi connectivity index (χ0) is 24.7. The van der Waals surface area contributed by atoms with Crippen molar-refractivity contribution >= 4 is 39.0 Å². The third-order valence-electron chi connectivity index (χ3n) is 5.84. The number of ether oxygens (including phenoxy) is 1. The average molecular weight is 529 g/mol. The second-order valence-corrected chi connectivity index (χ2v) is 9.18. The number of benzene rings is 1.